The first-order valence-corrected chi connectivity index (χ1v) is 9.01. The van der Waals surface area contributed by atoms with Gasteiger partial charge in [0.2, 0.25) is 5.91 Å². The number of rotatable bonds is 4. The highest BCUT2D eigenvalue weighted by Crippen LogP contribution is 2.30. The molecule has 0 aliphatic carbocycles. The molecule has 2 saturated heterocycles. The predicted octanol–water partition coefficient (Wildman–Crippen LogP) is -0.304. The van der Waals surface area contributed by atoms with Crippen molar-refractivity contribution in [3.8, 4) is 0 Å². The van der Waals surface area contributed by atoms with Crippen molar-refractivity contribution in [2.45, 2.75) is 31.7 Å². The fourth-order valence-corrected chi connectivity index (χ4v) is 4.73. The lowest BCUT2D eigenvalue weighted by Crippen LogP contribution is -2.54. The van der Waals surface area contributed by atoms with Crippen LogP contribution in [0.1, 0.15) is 25.7 Å². The van der Waals surface area contributed by atoms with E-state index in [0.29, 0.717) is 13.0 Å². The second-order valence-electron chi connectivity index (χ2n) is 5.89. The first-order chi connectivity index (χ1) is 9.47. The van der Waals surface area contributed by atoms with E-state index in [1.165, 1.54) is 0 Å². The Kier molecular flexibility index (Phi) is 5.04. The van der Waals surface area contributed by atoms with E-state index in [2.05, 4.69) is 10.6 Å². The summed E-state index contributed by atoms with van der Waals surface area (Å²) < 4.78 is 28.5. The van der Waals surface area contributed by atoms with Crippen LogP contribution in [0, 0.1) is 5.41 Å². The molecule has 1 atom stereocenters. The van der Waals surface area contributed by atoms with Crippen molar-refractivity contribution in [2.75, 3.05) is 38.3 Å². The quantitative estimate of drug-likeness (QED) is 0.745. The summed E-state index contributed by atoms with van der Waals surface area (Å²) in [6.07, 6.45) is 2.83. The molecule has 0 aromatic rings. The Labute approximate surface area is 120 Å². The number of amides is 1. The van der Waals surface area contributed by atoms with E-state index in [9.17, 15) is 13.2 Å². The highest BCUT2D eigenvalue weighted by Gasteiger charge is 2.41. The van der Waals surface area contributed by atoms with Crippen molar-refractivity contribution in [1.29, 1.82) is 0 Å². The van der Waals surface area contributed by atoms with Gasteiger partial charge in [0.25, 0.3) is 0 Å². The minimum Gasteiger partial charge on any atom is -0.384 e. The van der Waals surface area contributed by atoms with Crippen LogP contribution in [0.5, 0.6) is 0 Å². The Balaban J connectivity index is 2.01. The Hall–Kier alpha value is -0.660. The maximum absolute atomic E-state index is 12.6. The van der Waals surface area contributed by atoms with E-state index < -0.39 is 15.3 Å². The number of nitrogens with one attached hydrogen (secondary N) is 2. The summed E-state index contributed by atoms with van der Waals surface area (Å²) in [5.41, 5.74) is -0.513. The Morgan fingerprint density at radius 1 is 1.40 bits per heavy atom. The van der Waals surface area contributed by atoms with Crippen molar-refractivity contribution >= 4 is 15.7 Å². The van der Waals surface area contributed by atoms with Crippen molar-refractivity contribution in [2.24, 2.45) is 5.41 Å². The van der Waals surface area contributed by atoms with Gasteiger partial charge in [0.1, 0.15) is 0 Å². The molecule has 0 saturated carbocycles. The standard InChI is InChI=1S/C13H24N2O4S/c1-19-10-13(4-6-14-7-5-13)12(16)15-11-3-2-8-20(17,18)9-11/h11,14H,2-10H2,1H3,(H,15,16). The van der Waals surface area contributed by atoms with Crippen molar-refractivity contribution in [3.05, 3.63) is 0 Å². The molecule has 1 amide bonds. The van der Waals surface area contributed by atoms with Gasteiger partial charge in [-0.05, 0) is 38.8 Å². The minimum absolute atomic E-state index is 0.0528. The zero-order valence-corrected chi connectivity index (χ0v) is 12.8. The molecule has 0 aromatic heterocycles. The maximum Gasteiger partial charge on any atom is 0.228 e. The second-order valence-corrected chi connectivity index (χ2v) is 8.12. The lowest BCUT2D eigenvalue weighted by molar-refractivity contribution is -0.136. The largest absolute Gasteiger partial charge is 0.384 e. The average Bonchev–Trinajstić information content (AvgIpc) is 2.39. The minimum atomic E-state index is -3.00. The van der Waals surface area contributed by atoms with Crippen LogP contribution in [0.4, 0.5) is 0 Å². The van der Waals surface area contributed by atoms with Gasteiger partial charge < -0.3 is 15.4 Å². The zero-order valence-electron chi connectivity index (χ0n) is 12.0. The molecular weight excluding hydrogens is 280 g/mol. The Morgan fingerprint density at radius 3 is 2.70 bits per heavy atom. The highest BCUT2D eigenvalue weighted by molar-refractivity contribution is 7.91. The number of hydrogen-bond acceptors (Lipinski definition) is 5. The summed E-state index contributed by atoms with van der Waals surface area (Å²) >= 11 is 0. The van der Waals surface area contributed by atoms with Gasteiger partial charge in [-0.25, -0.2) is 8.42 Å². The molecular formula is C13H24N2O4S. The summed E-state index contributed by atoms with van der Waals surface area (Å²) in [5.74, 6) is 0.259. The van der Waals surface area contributed by atoms with Crippen LogP contribution >= 0.6 is 0 Å². The van der Waals surface area contributed by atoms with E-state index in [4.69, 9.17) is 4.74 Å². The van der Waals surface area contributed by atoms with Crippen molar-refractivity contribution in [3.63, 3.8) is 0 Å². The number of ether oxygens (including phenoxy) is 1. The SMILES string of the molecule is COCC1(C(=O)NC2CCCS(=O)(=O)C2)CCNCC1. The maximum atomic E-state index is 12.6. The lowest BCUT2D eigenvalue weighted by atomic mass is 9.78. The number of piperidine rings is 1. The van der Waals surface area contributed by atoms with E-state index in [1.54, 1.807) is 7.11 Å². The molecule has 116 valence electrons. The number of carbonyl (C=O) groups excluding carboxylic acids is 1. The van der Waals surface area contributed by atoms with Crippen molar-refractivity contribution < 1.29 is 17.9 Å². The van der Waals surface area contributed by atoms with Gasteiger partial charge in [-0.15, -0.1) is 0 Å². The molecule has 6 nitrogen and oxygen atoms in total. The fraction of sp³-hybridized carbons (Fsp3) is 0.923. The molecule has 1 unspecified atom stereocenters. The summed E-state index contributed by atoms with van der Waals surface area (Å²) in [5, 5.41) is 6.18. The molecule has 2 rings (SSSR count). The van der Waals surface area contributed by atoms with Gasteiger partial charge in [-0.3, -0.25) is 4.79 Å². The van der Waals surface area contributed by atoms with Crippen LogP contribution in [0.25, 0.3) is 0 Å². The molecule has 0 bridgehead atoms. The first kappa shape index (κ1) is 15.7. The number of sulfone groups is 1. The summed E-state index contributed by atoms with van der Waals surface area (Å²) in [7, 11) is -1.40. The molecule has 2 heterocycles. The molecule has 20 heavy (non-hydrogen) atoms. The Bertz CT molecular complexity index is 438. The Morgan fingerprint density at radius 2 is 2.10 bits per heavy atom. The van der Waals surface area contributed by atoms with Crippen LogP contribution in [-0.2, 0) is 19.4 Å². The van der Waals surface area contributed by atoms with Gasteiger partial charge in [0, 0.05) is 13.2 Å². The third-order valence-corrected chi connectivity index (χ3v) is 6.08. The fourth-order valence-electron chi connectivity index (χ4n) is 3.09. The number of methoxy groups -OCH3 is 1. The summed E-state index contributed by atoms with van der Waals surface area (Å²) in [4.78, 5) is 12.6. The highest BCUT2D eigenvalue weighted by atomic mass is 32.2. The third-order valence-electron chi connectivity index (χ3n) is 4.26. The third kappa shape index (κ3) is 3.71. The molecule has 0 spiro atoms. The molecule has 2 fully saturated rings. The van der Waals surface area contributed by atoms with Crippen LogP contribution in [0.3, 0.4) is 0 Å². The van der Waals surface area contributed by atoms with E-state index >= 15 is 0 Å². The van der Waals surface area contributed by atoms with Gasteiger partial charge in [0.05, 0.1) is 23.5 Å². The van der Waals surface area contributed by atoms with Gasteiger partial charge in [-0.2, -0.15) is 0 Å². The molecule has 2 aliphatic rings. The smallest absolute Gasteiger partial charge is 0.228 e. The summed E-state index contributed by atoms with van der Waals surface area (Å²) in [6, 6.07) is -0.245. The van der Waals surface area contributed by atoms with Crippen LogP contribution in [-0.4, -0.2) is 58.7 Å². The molecule has 7 heteroatoms. The van der Waals surface area contributed by atoms with Crippen molar-refractivity contribution in [1.82, 2.24) is 10.6 Å². The number of carbonyl (C=O) groups is 1. The zero-order chi connectivity index (χ0) is 14.6. The number of hydrogen-bond donors (Lipinski definition) is 2. The summed E-state index contributed by atoms with van der Waals surface area (Å²) in [6.45, 7) is 1.97. The van der Waals surface area contributed by atoms with Gasteiger partial charge in [0.15, 0.2) is 9.84 Å². The van der Waals surface area contributed by atoms with Crippen LogP contribution in [0.15, 0.2) is 0 Å². The molecule has 0 aromatic carbocycles. The first-order valence-electron chi connectivity index (χ1n) is 7.18. The average molecular weight is 304 g/mol. The van der Waals surface area contributed by atoms with E-state index in [-0.39, 0.29) is 23.5 Å². The normalized spacial score (nSPS) is 28.8. The second kappa shape index (κ2) is 6.41. The topological polar surface area (TPSA) is 84.5 Å². The van der Waals surface area contributed by atoms with Gasteiger partial charge in [-0.1, -0.05) is 0 Å². The van der Waals surface area contributed by atoms with Crippen LogP contribution < -0.4 is 10.6 Å². The van der Waals surface area contributed by atoms with E-state index in [1.807, 2.05) is 0 Å². The molecule has 2 aliphatic heterocycles. The molecule has 2 N–H and O–H groups in total. The lowest BCUT2D eigenvalue weighted by Gasteiger charge is -2.37. The van der Waals surface area contributed by atoms with E-state index in [0.717, 1.165) is 32.4 Å². The monoisotopic (exact) mass is 304 g/mol. The molecule has 0 radical (unpaired) electrons. The predicted molar refractivity (Wildman–Crippen MR) is 76.2 cm³/mol. The van der Waals surface area contributed by atoms with Crippen LogP contribution in [0.2, 0.25) is 0 Å². The van der Waals surface area contributed by atoms with Gasteiger partial charge >= 0.3 is 0 Å².